The van der Waals surface area contributed by atoms with E-state index in [9.17, 15) is 0 Å². The number of morpholine rings is 1. The number of allylic oxidation sites excluding steroid dienone is 1. The molecule has 66 valence electrons. The van der Waals surface area contributed by atoms with Crippen LogP contribution in [-0.2, 0) is 9.47 Å². The predicted octanol–water partition coefficient (Wildman–Crippen LogP) is 0.745. The van der Waals surface area contributed by atoms with E-state index in [2.05, 4.69) is 11.5 Å². The van der Waals surface area contributed by atoms with Gasteiger partial charge in [-0.1, -0.05) is 6.58 Å². The van der Waals surface area contributed by atoms with E-state index in [1.54, 1.807) is 0 Å². The maximum Gasteiger partial charge on any atom is 0.172 e. The largest absolute Gasteiger partial charge is 0.472 e. The van der Waals surface area contributed by atoms with Crippen LogP contribution in [0.3, 0.4) is 0 Å². The Morgan fingerprint density at radius 3 is 2.75 bits per heavy atom. The van der Waals surface area contributed by atoms with E-state index in [-0.39, 0.29) is 6.23 Å². The van der Waals surface area contributed by atoms with Gasteiger partial charge in [-0.2, -0.15) is 0 Å². The Hall–Kier alpha value is -0.800. The van der Waals surface area contributed by atoms with Gasteiger partial charge < -0.3 is 9.47 Å². The highest BCUT2D eigenvalue weighted by atomic mass is 16.5. The fourth-order valence-electron chi connectivity index (χ4n) is 1.45. The van der Waals surface area contributed by atoms with E-state index in [0.29, 0.717) is 0 Å². The van der Waals surface area contributed by atoms with Crippen molar-refractivity contribution in [2.24, 2.45) is 0 Å². The molecule has 12 heavy (non-hydrogen) atoms. The molecule has 0 radical (unpaired) electrons. The molecular formula is C9H13NO2. The molecule has 3 nitrogen and oxygen atoms in total. The molecule has 0 N–H and O–H groups in total. The van der Waals surface area contributed by atoms with Crippen LogP contribution >= 0.6 is 0 Å². The fraction of sp³-hybridized carbons (Fsp3) is 0.556. The second-order valence-corrected chi connectivity index (χ2v) is 2.98. The molecule has 2 aliphatic heterocycles. The third kappa shape index (κ3) is 1.52. The normalized spacial score (nSPS) is 30.7. The smallest absolute Gasteiger partial charge is 0.172 e. The van der Waals surface area contributed by atoms with Gasteiger partial charge >= 0.3 is 0 Å². The molecule has 1 fully saturated rings. The Morgan fingerprint density at radius 1 is 1.42 bits per heavy atom. The number of hydrogen-bond donors (Lipinski definition) is 0. The monoisotopic (exact) mass is 167 g/mol. The summed E-state index contributed by atoms with van der Waals surface area (Å²) in [5, 5.41) is 0. The first-order valence-electron chi connectivity index (χ1n) is 4.22. The van der Waals surface area contributed by atoms with Crippen molar-refractivity contribution in [1.29, 1.82) is 0 Å². The maximum absolute atomic E-state index is 5.47. The maximum atomic E-state index is 5.47. The van der Waals surface area contributed by atoms with Crippen molar-refractivity contribution in [1.82, 2.24) is 4.90 Å². The summed E-state index contributed by atoms with van der Waals surface area (Å²) in [5.41, 5.74) is 0. The molecule has 3 heteroatoms. The van der Waals surface area contributed by atoms with Gasteiger partial charge in [-0.3, -0.25) is 4.90 Å². The molecule has 1 atom stereocenters. The highest BCUT2D eigenvalue weighted by molar-refractivity contribution is 5.15. The van der Waals surface area contributed by atoms with E-state index in [1.807, 2.05) is 12.2 Å². The SMILES string of the molecule is C=C1C=CC(N2CCOCC2)O1. The van der Waals surface area contributed by atoms with Crippen LogP contribution < -0.4 is 0 Å². The molecule has 0 aliphatic carbocycles. The molecule has 2 rings (SSSR count). The number of ether oxygens (including phenoxy) is 2. The predicted molar refractivity (Wildman–Crippen MR) is 45.5 cm³/mol. The fourth-order valence-corrected chi connectivity index (χ4v) is 1.45. The van der Waals surface area contributed by atoms with Gasteiger partial charge in [-0.15, -0.1) is 0 Å². The van der Waals surface area contributed by atoms with E-state index in [4.69, 9.17) is 9.47 Å². The first-order valence-corrected chi connectivity index (χ1v) is 4.22. The van der Waals surface area contributed by atoms with Gasteiger partial charge in [-0.05, 0) is 12.2 Å². The summed E-state index contributed by atoms with van der Waals surface area (Å²) in [6.07, 6.45) is 4.05. The molecule has 0 saturated carbocycles. The van der Waals surface area contributed by atoms with Crippen LogP contribution in [-0.4, -0.2) is 37.4 Å². The summed E-state index contributed by atoms with van der Waals surface area (Å²) < 4.78 is 10.7. The van der Waals surface area contributed by atoms with Crippen molar-refractivity contribution in [2.75, 3.05) is 26.3 Å². The lowest BCUT2D eigenvalue weighted by Gasteiger charge is -2.30. The Kier molecular flexibility index (Phi) is 2.15. The lowest BCUT2D eigenvalue weighted by atomic mass is 10.4. The van der Waals surface area contributed by atoms with Gasteiger partial charge in [0.15, 0.2) is 6.23 Å². The summed E-state index contributed by atoms with van der Waals surface area (Å²) in [6.45, 7) is 7.24. The van der Waals surface area contributed by atoms with Gasteiger partial charge in [0, 0.05) is 13.1 Å². The minimum absolute atomic E-state index is 0.0985. The van der Waals surface area contributed by atoms with Crippen LogP contribution in [0.5, 0.6) is 0 Å². The first-order chi connectivity index (χ1) is 5.86. The zero-order valence-electron chi connectivity index (χ0n) is 7.03. The van der Waals surface area contributed by atoms with Gasteiger partial charge in [-0.25, -0.2) is 0 Å². The molecular weight excluding hydrogens is 154 g/mol. The summed E-state index contributed by atoms with van der Waals surface area (Å²) in [6, 6.07) is 0. The topological polar surface area (TPSA) is 21.7 Å². The Morgan fingerprint density at radius 2 is 2.17 bits per heavy atom. The average molecular weight is 167 g/mol. The number of nitrogens with zero attached hydrogens (tertiary/aromatic N) is 1. The lowest BCUT2D eigenvalue weighted by molar-refractivity contribution is -0.0408. The zero-order valence-corrected chi connectivity index (χ0v) is 7.03. The molecule has 2 aliphatic rings. The van der Waals surface area contributed by atoms with Crippen molar-refractivity contribution in [3.05, 3.63) is 24.5 Å². The van der Waals surface area contributed by atoms with E-state index in [1.165, 1.54) is 0 Å². The highest BCUT2D eigenvalue weighted by Crippen LogP contribution is 2.17. The van der Waals surface area contributed by atoms with Crippen LogP contribution in [0.1, 0.15) is 0 Å². The van der Waals surface area contributed by atoms with E-state index >= 15 is 0 Å². The molecule has 1 unspecified atom stereocenters. The summed E-state index contributed by atoms with van der Waals surface area (Å²) >= 11 is 0. The summed E-state index contributed by atoms with van der Waals surface area (Å²) in [7, 11) is 0. The Labute approximate surface area is 72.3 Å². The average Bonchev–Trinajstić information content (AvgIpc) is 2.54. The number of hydrogen-bond acceptors (Lipinski definition) is 3. The van der Waals surface area contributed by atoms with Crippen LogP contribution in [0, 0.1) is 0 Å². The summed E-state index contributed by atoms with van der Waals surface area (Å²) in [5.74, 6) is 0.756. The Balaban J connectivity index is 1.91. The molecule has 0 aromatic heterocycles. The van der Waals surface area contributed by atoms with Crippen LogP contribution in [0.4, 0.5) is 0 Å². The minimum atomic E-state index is 0.0985. The van der Waals surface area contributed by atoms with Crippen LogP contribution in [0.15, 0.2) is 24.5 Å². The number of rotatable bonds is 1. The van der Waals surface area contributed by atoms with Gasteiger partial charge in [0.1, 0.15) is 5.76 Å². The first kappa shape index (κ1) is 7.83. The van der Waals surface area contributed by atoms with Crippen molar-refractivity contribution < 1.29 is 9.47 Å². The van der Waals surface area contributed by atoms with E-state index in [0.717, 1.165) is 32.1 Å². The molecule has 0 amide bonds. The van der Waals surface area contributed by atoms with Crippen molar-refractivity contribution in [3.8, 4) is 0 Å². The molecule has 0 bridgehead atoms. The van der Waals surface area contributed by atoms with E-state index < -0.39 is 0 Å². The molecule has 2 heterocycles. The van der Waals surface area contributed by atoms with Crippen molar-refractivity contribution in [2.45, 2.75) is 6.23 Å². The molecule has 0 spiro atoms. The van der Waals surface area contributed by atoms with Gasteiger partial charge in [0.2, 0.25) is 0 Å². The highest BCUT2D eigenvalue weighted by Gasteiger charge is 2.22. The molecule has 1 saturated heterocycles. The minimum Gasteiger partial charge on any atom is -0.472 e. The van der Waals surface area contributed by atoms with Crippen LogP contribution in [0.2, 0.25) is 0 Å². The molecule has 0 aromatic carbocycles. The third-order valence-corrected chi connectivity index (χ3v) is 2.12. The van der Waals surface area contributed by atoms with Crippen molar-refractivity contribution in [3.63, 3.8) is 0 Å². The van der Waals surface area contributed by atoms with Gasteiger partial charge in [0.05, 0.1) is 13.2 Å². The zero-order chi connectivity index (χ0) is 8.39. The quantitative estimate of drug-likeness (QED) is 0.575. The summed E-state index contributed by atoms with van der Waals surface area (Å²) in [4.78, 5) is 2.25. The Bertz CT molecular complexity index is 207. The van der Waals surface area contributed by atoms with Gasteiger partial charge in [0.25, 0.3) is 0 Å². The second-order valence-electron chi connectivity index (χ2n) is 2.98. The lowest BCUT2D eigenvalue weighted by Crippen LogP contribution is -2.42. The third-order valence-electron chi connectivity index (χ3n) is 2.12. The molecule has 0 aromatic rings. The van der Waals surface area contributed by atoms with Crippen molar-refractivity contribution >= 4 is 0 Å². The standard InChI is InChI=1S/C9H13NO2/c1-8-2-3-9(12-8)10-4-6-11-7-5-10/h2-3,9H,1,4-7H2. The van der Waals surface area contributed by atoms with Crippen LogP contribution in [0.25, 0.3) is 0 Å². The second kappa shape index (κ2) is 3.29.